The van der Waals surface area contributed by atoms with Crippen LogP contribution < -0.4 is 10.9 Å². The van der Waals surface area contributed by atoms with Gasteiger partial charge in [0.15, 0.2) is 0 Å². The van der Waals surface area contributed by atoms with Crippen molar-refractivity contribution >= 4 is 17.9 Å². The highest BCUT2D eigenvalue weighted by Gasteiger charge is 2.29. The van der Waals surface area contributed by atoms with Crippen LogP contribution in [0.4, 0.5) is 4.79 Å². The third-order valence-corrected chi connectivity index (χ3v) is 6.94. The number of aromatic amines is 1. The van der Waals surface area contributed by atoms with Crippen molar-refractivity contribution in [1.82, 2.24) is 24.9 Å². The van der Waals surface area contributed by atoms with Crippen LogP contribution in [-0.4, -0.2) is 69.0 Å². The molecule has 11 heteroatoms. The molecule has 230 valence electrons. The minimum absolute atomic E-state index is 0.0482. The molecule has 2 aromatic carbocycles. The molecule has 1 aromatic heterocycles. The second-order valence-electron chi connectivity index (χ2n) is 11.8. The number of carbonyl (C=O) groups excluding carboxylic acids is 3. The standard InChI is InChI=1S/C32H41N5O6/c1-23(33-31(41)43-32(2,3)4)17-28(38)36(22-42-21-25-13-9-6-10-14-25)20-29(39)35-16-15-27-26(19-35)30(40)37(34-27)18-24-11-7-5-8-12-24/h5-14,23,34H,15-22H2,1-4H3,(H,33,41). The monoisotopic (exact) mass is 591 g/mol. The molecule has 0 aliphatic carbocycles. The molecule has 0 saturated carbocycles. The second-order valence-corrected chi connectivity index (χ2v) is 11.8. The van der Waals surface area contributed by atoms with Gasteiger partial charge in [0, 0.05) is 31.1 Å². The SMILES string of the molecule is CC(CC(=O)N(COCc1ccccc1)CC(=O)N1CCc2[nH]n(Cc3ccccc3)c(=O)c2C1)NC(=O)OC(C)(C)C. The van der Waals surface area contributed by atoms with Crippen LogP contribution in [0.2, 0.25) is 0 Å². The number of nitrogens with zero attached hydrogens (tertiary/aromatic N) is 3. The van der Waals surface area contributed by atoms with Gasteiger partial charge >= 0.3 is 6.09 Å². The molecule has 0 radical (unpaired) electrons. The maximum absolute atomic E-state index is 13.5. The summed E-state index contributed by atoms with van der Waals surface area (Å²) in [6, 6.07) is 18.7. The average Bonchev–Trinajstić information content (AvgIpc) is 3.26. The van der Waals surface area contributed by atoms with Gasteiger partial charge in [0.05, 0.1) is 25.3 Å². The van der Waals surface area contributed by atoms with Gasteiger partial charge in [-0.05, 0) is 38.8 Å². The number of rotatable bonds is 11. The molecule has 0 spiro atoms. The van der Waals surface area contributed by atoms with Gasteiger partial charge in [0.25, 0.3) is 5.56 Å². The van der Waals surface area contributed by atoms with Crippen molar-refractivity contribution in [3.63, 3.8) is 0 Å². The zero-order chi connectivity index (χ0) is 31.0. The molecule has 0 saturated heterocycles. The summed E-state index contributed by atoms with van der Waals surface area (Å²) in [5.41, 5.74) is 2.49. The molecule has 2 heterocycles. The Morgan fingerprint density at radius 1 is 1.02 bits per heavy atom. The first-order valence-electron chi connectivity index (χ1n) is 14.5. The number of benzene rings is 2. The minimum Gasteiger partial charge on any atom is -0.444 e. The summed E-state index contributed by atoms with van der Waals surface area (Å²) in [7, 11) is 0. The summed E-state index contributed by atoms with van der Waals surface area (Å²) in [6.45, 7) is 7.91. The van der Waals surface area contributed by atoms with Gasteiger partial charge in [0.1, 0.15) is 18.9 Å². The number of fused-ring (bicyclic) bond motifs is 1. The smallest absolute Gasteiger partial charge is 0.407 e. The van der Waals surface area contributed by atoms with Gasteiger partial charge in [-0.15, -0.1) is 0 Å². The van der Waals surface area contributed by atoms with Crippen molar-refractivity contribution in [2.24, 2.45) is 0 Å². The summed E-state index contributed by atoms with van der Waals surface area (Å²) >= 11 is 0. The van der Waals surface area contributed by atoms with E-state index in [-0.39, 0.29) is 50.2 Å². The number of nitrogens with one attached hydrogen (secondary N) is 2. The molecule has 3 aromatic rings. The number of amides is 3. The van der Waals surface area contributed by atoms with Crippen molar-refractivity contribution < 1.29 is 23.9 Å². The molecule has 1 aliphatic heterocycles. The van der Waals surface area contributed by atoms with E-state index in [9.17, 15) is 19.2 Å². The van der Waals surface area contributed by atoms with E-state index in [0.717, 1.165) is 16.8 Å². The highest BCUT2D eigenvalue weighted by molar-refractivity contribution is 5.85. The van der Waals surface area contributed by atoms with E-state index in [2.05, 4.69) is 10.4 Å². The molecule has 1 atom stereocenters. The molecule has 43 heavy (non-hydrogen) atoms. The maximum Gasteiger partial charge on any atom is 0.407 e. The van der Waals surface area contributed by atoms with E-state index < -0.39 is 17.7 Å². The second kappa shape index (κ2) is 14.2. The van der Waals surface area contributed by atoms with Gasteiger partial charge in [-0.1, -0.05) is 60.7 Å². The molecule has 1 unspecified atom stereocenters. The summed E-state index contributed by atoms with van der Waals surface area (Å²) in [4.78, 5) is 55.1. The van der Waals surface area contributed by atoms with Crippen LogP contribution in [0.1, 0.15) is 56.5 Å². The Morgan fingerprint density at radius 2 is 1.67 bits per heavy atom. The van der Waals surface area contributed by atoms with E-state index in [1.807, 2.05) is 60.7 Å². The predicted molar refractivity (Wildman–Crippen MR) is 161 cm³/mol. The molecule has 1 aliphatic rings. The molecule has 0 fully saturated rings. The number of hydrogen-bond acceptors (Lipinski definition) is 6. The Labute approximate surface area is 251 Å². The Hall–Kier alpha value is -4.38. The highest BCUT2D eigenvalue weighted by atomic mass is 16.6. The number of hydrogen-bond donors (Lipinski definition) is 2. The molecule has 4 rings (SSSR count). The molecular weight excluding hydrogens is 550 g/mol. The molecule has 0 bridgehead atoms. The lowest BCUT2D eigenvalue weighted by Gasteiger charge is -2.30. The topological polar surface area (TPSA) is 126 Å². The molecule has 11 nitrogen and oxygen atoms in total. The van der Waals surface area contributed by atoms with Gasteiger partial charge < -0.3 is 24.6 Å². The first-order chi connectivity index (χ1) is 20.5. The Kier molecular flexibility index (Phi) is 10.4. The van der Waals surface area contributed by atoms with Gasteiger partial charge in [-0.25, -0.2) is 9.48 Å². The number of ether oxygens (including phenoxy) is 2. The molecule has 2 N–H and O–H groups in total. The van der Waals surface area contributed by atoms with Crippen LogP contribution in [0.25, 0.3) is 0 Å². The average molecular weight is 592 g/mol. The Balaban J connectivity index is 1.40. The molecule has 3 amide bonds. The van der Waals surface area contributed by atoms with Crippen molar-refractivity contribution in [2.75, 3.05) is 19.8 Å². The third kappa shape index (κ3) is 9.31. The van der Waals surface area contributed by atoms with E-state index in [1.165, 1.54) is 4.90 Å². The van der Waals surface area contributed by atoms with Crippen LogP contribution >= 0.6 is 0 Å². The van der Waals surface area contributed by atoms with Crippen LogP contribution in [-0.2, 0) is 45.2 Å². The van der Waals surface area contributed by atoms with Crippen LogP contribution in [0.15, 0.2) is 65.5 Å². The maximum atomic E-state index is 13.5. The van der Waals surface area contributed by atoms with Crippen molar-refractivity contribution in [1.29, 1.82) is 0 Å². The predicted octanol–water partition coefficient (Wildman–Crippen LogP) is 3.42. The lowest BCUT2D eigenvalue weighted by atomic mass is 10.1. The van der Waals surface area contributed by atoms with Crippen LogP contribution in [0, 0.1) is 0 Å². The lowest BCUT2D eigenvalue weighted by Crippen LogP contribution is -2.47. The van der Waals surface area contributed by atoms with Crippen LogP contribution in [0.3, 0.4) is 0 Å². The fourth-order valence-electron chi connectivity index (χ4n) is 4.82. The number of H-pyrrole nitrogens is 1. The van der Waals surface area contributed by atoms with Gasteiger partial charge in [-0.3, -0.25) is 19.5 Å². The number of aromatic nitrogens is 2. The Morgan fingerprint density at radius 3 is 2.33 bits per heavy atom. The normalized spacial score (nSPS) is 13.6. The Bertz CT molecular complexity index is 1440. The van der Waals surface area contributed by atoms with Crippen molar-refractivity contribution in [3.05, 3.63) is 93.4 Å². The van der Waals surface area contributed by atoms with E-state index in [1.54, 1.807) is 37.3 Å². The zero-order valence-electron chi connectivity index (χ0n) is 25.3. The van der Waals surface area contributed by atoms with Crippen molar-refractivity contribution in [3.8, 4) is 0 Å². The van der Waals surface area contributed by atoms with Crippen molar-refractivity contribution in [2.45, 2.75) is 71.9 Å². The largest absolute Gasteiger partial charge is 0.444 e. The quantitative estimate of drug-likeness (QED) is 0.329. The summed E-state index contributed by atoms with van der Waals surface area (Å²) in [5, 5.41) is 5.87. The summed E-state index contributed by atoms with van der Waals surface area (Å²) in [6.07, 6.45) is -0.162. The van der Waals surface area contributed by atoms with Gasteiger partial charge in [-0.2, -0.15) is 0 Å². The zero-order valence-corrected chi connectivity index (χ0v) is 25.3. The van der Waals surface area contributed by atoms with E-state index in [0.29, 0.717) is 25.1 Å². The fourth-order valence-corrected chi connectivity index (χ4v) is 4.82. The van der Waals surface area contributed by atoms with E-state index >= 15 is 0 Å². The van der Waals surface area contributed by atoms with Crippen LogP contribution in [0.5, 0.6) is 0 Å². The summed E-state index contributed by atoms with van der Waals surface area (Å²) in [5.74, 6) is -0.639. The highest BCUT2D eigenvalue weighted by Crippen LogP contribution is 2.16. The lowest BCUT2D eigenvalue weighted by molar-refractivity contribution is -0.146. The summed E-state index contributed by atoms with van der Waals surface area (Å²) < 4.78 is 12.7. The number of alkyl carbamates (subject to hydrolysis) is 1. The first-order valence-corrected chi connectivity index (χ1v) is 14.5. The first kappa shape index (κ1) is 31.6. The molecular formula is C32H41N5O6. The third-order valence-electron chi connectivity index (χ3n) is 6.94. The number of carbonyl (C=O) groups is 3. The fraction of sp³-hybridized carbons (Fsp3) is 0.438. The minimum atomic E-state index is -0.671. The van der Waals surface area contributed by atoms with E-state index in [4.69, 9.17) is 9.47 Å². The van der Waals surface area contributed by atoms with Gasteiger partial charge in [0.2, 0.25) is 11.8 Å².